The molecule has 0 aliphatic rings. The smallest absolute Gasteiger partial charge is 0.199 e. The summed E-state index contributed by atoms with van der Waals surface area (Å²) in [6, 6.07) is 20.5. The number of hydrogen-bond donors (Lipinski definition) is 0. The van der Waals surface area contributed by atoms with Gasteiger partial charge in [-0.2, -0.15) is 8.42 Å². The molecule has 0 saturated heterocycles. The van der Waals surface area contributed by atoms with E-state index in [2.05, 4.69) is 10.3 Å². The molecule has 5 nitrogen and oxygen atoms in total. The fourth-order valence-corrected chi connectivity index (χ4v) is 3.73. The molecule has 0 amide bonds. The standard InChI is InChI=1S/C19H15N3O2S/c1-14-6-10-18(11-7-14)25(23,24)22-13-19(20-21-22)17-9-8-15-4-2-3-5-16(15)12-17/h2-13H,1H3. The van der Waals surface area contributed by atoms with Gasteiger partial charge in [0.2, 0.25) is 0 Å². The third kappa shape index (κ3) is 2.81. The minimum atomic E-state index is -3.74. The molecule has 124 valence electrons. The van der Waals surface area contributed by atoms with Crippen molar-refractivity contribution in [2.45, 2.75) is 11.8 Å². The zero-order valence-corrected chi connectivity index (χ0v) is 14.3. The van der Waals surface area contributed by atoms with Gasteiger partial charge in [-0.25, -0.2) is 0 Å². The molecule has 0 radical (unpaired) electrons. The van der Waals surface area contributed by atoms with Gasteiger partial charge in [0, 0.05) is 5.56 Å². The molecule has 4 rings (SSSR count). The van der Waals surface area contributed by atoms with Crippen molar-refractivity contribution in [1.82, 2.24) is 14.4 Å². The Hall–Kier alpha value is -2.99. The third-order valence-corrected chi connectivity index (χ3v) is 5.62. The topological polar surface area (TPSA) is 64.8 Å². The summed E-state index contributed by atoms with van der Waals surface area (Å²) in [6.07, 6.45) is 1.44. The van der Waals surface area contributed by atoms with Gasteiger partial charge in [0.25, 0.3) is 10.0 Å². The Morgan fingerprint density at radius 3 is 2.36 bits per heavy atom. The van der Waals surface area contributed by atoms with Crippen molar-refractivity contribution >= 4 is 20.8 Å². The van der Waals surface area contributed by atoms with E-state index in [1.165, 1.54) is 6.20 Å². The summed E-state index contributed by atoms with van der Waals surface area (Å²) < 4.78 is 26.2. The van der Waals surface area contributed by atoms with Crippen molar-refractivity contribution in [3.05, 3.63) is 78.5 Å². The van der Waals surface area contributed by atoms with Crippen molar-refractivity contribution in [3.8, 4) is 11.3 Å². The Kier molecular flexibility index (Phi) is 3.62. The predicted octanol–water partition coefficient (Wildman–Crippen LogP) is 3.64. The molecule has 25 heavy (non-hydrogen) atoms. The van der Waals surface area contributed by atoms with Gasteiger partial charge in [0.15, 0.2) is 0 Å². The fraction of sp³-hybridized carbons (Fsp3) is 0.0526. The Labute approximate surface area is 145 Å². The van der Waals surface area contributed by atoms with Crippen LogP contribution in [0.4, 0.5) is 0 Å². The van der Waals surface area contributed by atoms with E-state index in [0.29, 0.717) is 5.69 Å². The summed E-state index contributed by atoms with van der Waals surface area (Å²) >= 11 is 0. The van der Waals surface area contributed by atoms with E-state index >= 15 is 0 Å². The number of aromatic nitrogens is 3. The lowest BCUT2D eigenvalue weighted by atomic mass is 10.1. The van der Waals surface area contributed by atoms with Crippen molar-refractivity contribution < 1.29 is 8.42 Å². The van der Waals surface area contributed by atoms with Crippen molar-refractivity contribution in [2.24, 2.45) is 0 Å². The molecule has 0 unspecified atom stereocenters. The van der Waals surface area contributed by atoms with Crippen LogP contribution in [0.5, 0.6) is 0 Å². The maximum atomic E-state index is 12.7. The average molecular weight is 349 g/mol. The zero-order chi connectivity index (χ0) is 17.4. The van der Waals surface area contributed by atoms with Gasteiger partial charge in [-0.3, -0.25) is 0 Å². The van der Waals surface area contributed by atoms with E-state index in [1.807, 2.05) is 49.4 Å². The first kappa shape index (κ1) is 15.5. The van der Waals surface area contributed by atoms with E-state index in [9.17, 15) is 8.42 Å². The molecule has 0 saturated carbocycles. The highest BCUT2D eigenvalue weighted by atomic mass is 32.2. The van der Waals surface area contributed by atoms with Crippen LogP contribution >= 0.6 is 0 Å². The van der Waals surface area contributed by atoms with Crippen LogP contribution in [0.15, 0.2) is 77.8 Å². The largest absolute Gasteiger partial charge is 0.284 e. The molecule has 1 heterocycles. The summed E-state index contributed by atoms with van der Waals surface area (Å²) in [5.74, 6) is 0. The number of benzene rings is 3. The van der Waals surface area contributed by atoms with Crippen molar-refractivity contribution in [2.75, 3.05) is 0 Å². The summed E-state index contributed by atoms with van der Waals surface area (Å²) in [4.78, 5) is 0.188. The molecule has 0 aliphatic heterocycles. The van der Waals surface area contributed by atoms with E-state index < -0.39 is 10.0 Å². The summed E-state index contributed by atoms with van der Waals surface area (Å²) in [7, 11) is -3.74. The Bertz CT molecular complexity index is 1160. The summed E-state index contributed by atoms with van der Waals surface area (Å²) in [6.45, 7) is 1.91. The highest BCUT2D eigenvalue weighted by Crippen LogP contribution is 2.23. The Morgan fingerprint density at radius 1 is 0.880 bits per heavy atom. The van der Waals surface area contributed by atoms with Crippen LogP contribution in [0.2, 0.25) is 0 Å². The predicted molar refractivity (Wildman–Crippen MR) is 96.7 cm³/mol. The minimum absolute atomic E-state index is 0.188. The van der Waals surface area contributed by atoms with Crippen LogP contribution in [0.1, 0.15) is 5.56 Å². The summed E-state index contributed by atoms with van der Waals surface area (Å²) in [5.41, 5.74) is 2.33. The second kappa shape index (κ2) is 5.82. The fourth-order valence-electron chi connectivity index (χ4n) is 2.67. The van der Waals surface area contributed by atoms with Gasteiger partial charge in [-0.1, -0.05) is 59.3 Å². The lowest BCUT2D eigenvalue weighted by molar-refractivity contribution is 0.577. The van der Waals surface area contributed by atoms with E-state index in [-0.39, 0.29) is 4.90 Å². The molecular weight excluding hydrogens is 334 g/mol. The van der Waals surface area contributed by atoms with Gasteiger partial charge >= 0.3 is 0 Å². The molecule has 1 aromatic heterocycles. The highest BCUT2D eigenvalue weighted by Gasteiger charge is 2.19. The van der Waals surface area contributed by atoms with E-state index in [0.717, 1.165) is 26.0 Å². The molecule has 0 fully saturated rings. The zero-order valence-electron chi connectivity index (χ0n) is 13.5. The third-order valence-electron chi connectivity index (χ3n) is 4.08. The second-order valence-electron chi connectivity index (χ2n) is 5.86. The molecule has 6 heteroatoms. The number of fused-ring (bicyclic) bond motifs is 1. The first-order valence-corrected chi connectivity index (χ1v) is 9.22. The lowest BCUT2D eigenvalue weighted by Crippen LogP contribution is -2.13. The van der Waals surface area contributed by atoms with Crippen LogP contribution in [-0.2, 0) is 10.0 Å². The molecule has 0 atom stereocenters. The first-order valence-electron chi connectivity index (χ1n) is 7.78. The molecular formula is C19H15N3O2S. The van der Waals surface area contributed by atoms with Crippen LogP contribution in [0.3, 0.4) is 0 Å². The minimum Gasteiger partial charge on any atom is -0.199 e. The van der Waals surface area contributed by atoms with Crippen LogP contribution in [0.25, 0.3) is 22.0 Å². The van der Waals surface area contributed by atoms with Crippen molar-refractivity contribution in [3.63, 3.8) is 0 Å². The van der Waals surface area contributed by atoms with Gasteiger partial charge in [0.1, 0.15) is 5.69 Å². The highest BCUT2D eigenvalue weighted by molar-refractivity contribution is 7.89. The molecule has 3 aromatic carbocycles. The molecule has 0 aliphatic carbocycles. The Morgan fingerprint density at radius 2 is 1.60 bits per heavy atom. The Balaban J connectivity index is 1.75. The van der Waals surface area contributed by atoms with Crippen molar-refractivity contribution in [1.29, 1.82) is 0 Å². The monoisotopic (exact) mass is 349 g/mol. The molecule has 0 bridgehead atoms. The van der Waals surface area contributed by atoms with Crippen LogP contribution in [-0.4, -0.2) is 22.8 Å². The first-order chi connectivity index (χ1) is 12.0. The second-order valence-corrected chi connectivity index (χ2v) is 7.65. The van der Waals surface area contributed by atoms with Gasteiger partial charge in [-0.05, 0) is 35.9 Å². The SMILES string of the molecule is Cc1ccc(S(=O)(=O)n2cc(-c3ccc4ccccc4c3)nn2)cc1. The molecule has 0 N–H and O–H groups in total. The van der Waals surface area contributed by atoms with E-state index in [1.54, 1.807) is 24.3 Å². The molecule has 4 aromatic rings. The number of nitrogens with zero attached hydrogens (tertiary/aromatic N) is 3. The number of aryl methyl sites for hydroxylation is 1. The van der Waals surface area contributed by atoms with Gasteiger partial charge in [0.05, 0.1) is 11.1 Å². The summed E-state index contributed by atoms with van der Waals surface area (Å²) in [5, 5.41) is 10.0. The normalized spacial score (nSPS) is 11.7. The van der Waals surface area contributed by atoms with Crippen LogP contribution in [0, 0.1) is 6.92 Å². The average Bonchev–Trinajstić information content (AvgIpc) is 3.13. The number of hydrogen-bond acceptors (Lipinski definition) is 4. The maximum Gasteiger partial charge on any atom is 0.284 e. The van der Waals surface area contributed by atoms with Crippen LogP contribution < -0.4 is 0 Å². The van der Waals surface area contributed by atoms with E-state index in [4.69, 9.17) is 0 Å². The quantitative estimate of drug-likeness (QED) is 0.566. The van der Waals surface area contributed by atoms with Gasteiger partial charge in [-0.15, -0.1) is 9.19 Å². The lowest BCUT2D eigenvalue weighted by Gasteiger charge is -2.03. The van der Waals surface area contributed by atoms with Gasteiger partial charge < -0.3 is 0 Å². The maximum absolute atomic E-state index is 12.7. The molecule has 0 spiro atoms. The number of rotatable bonds is 3.